The predicted molar refractivity (Wildman–Crippen MR) is 24.2 cm³/mol. The third-order valence-corrected chi connectivity index (χ3v) is 0.764. The second kappa shape index (κ2) is 2.10. The van der Waals surface area contributed by atoms with Crippen molar-refractivity contribution in [3.8, 4) is 0 Å². The molecule has 0 aromatic heterocycles. The Balaban J connectivity index is 2.26. The zero-order valence-electron chi connectivity index (χ0n) is 2.97. The Kier molecular flexibility index (Phi) is 1.41. The number of rotatable bonds is 0. The van der Waals surface area contributed by atoms with E-state index in [2.05, 4.69) is 15.4 Å². The zero-order chi connectivity index (χ0) is 4.24. The van der Waals surface area contributed by atoms with Crippen molar-refractivity contribution in [1.29, 1.82) is 0 Å². The van der Waals surface area contributed by atoms with Crippen molar-refractivity contribution in [3.63, 3.8) is 0 Å². The number of nitrogens with one attached hydrogen (secondary N) is 1. The Morgan fingerprint density at radius 3 is 3.00 bits per heavy atom. The Hall–Kier alpha value is -0.150. The van der Waals surface area contributed by atoms with E-state index in [0.717, 1.165) is 12.2 Å². The van der Waals surface area contributed by atoms with Gasteiger partial charge in [0.25, 0.3) is 0 Å². The third-order valence-electron chi connectivity index (χ3n) is 0.356. The van der Waals surface area contributed by atoms with E-state index in [9.17, 15) is 0 Å². The second-order valence-electron chi connectivity index (χ2n) is 0.729. The fourth-order valence-electron chi connectivity index (χ4n) is 0.172. The molecule has 1 rings (SSSR count). The summed E-state index contributed by atoms with van der Waals surface area (Å²) >= 11 is 1.15. The normalized spacial score (nSPS) is 20.0. The Morgan fingerprint density at radius 2 is 2.83 bits per heavy atom. The van der Waals surface area contributed by atoms with Gasteiger partial charge in [0, 0.05) is 0 Å². The van der Waals surface area contributed by atoms with E-state index >= 15 is 0 Å². The van der Waals surface area contributed by atoms with Crippen molar-refractivity contribution in [3.05, 3.63) is 18.9 Å². The van der Waals surface area contributed by atoms with Gasteiger partial charge in [0.05, 0.1) is 0 Å². The minimum atomic E-state index is 1.15. The van der Waals surface area contributed by atoms with E-state index < -0.39 is 0 Å². The van der Waals surface area contributed by atoms with Crippen LogP contribution in [0.2, 0.25) is 0 Å². The van der Waals surface area contributed by atoms with Gasteiger partial charge in [0.15, 0.2) is 0 Å². The highest BCUT2D eigenvalue weighted by Gasteiger charge is 1.87. The van der Waals surface area contributed by atoms with E-state index in [1.807, 2.05) is 0 Å². The zero-order valence-corrected chi connectivity index (χ0v) is 3.79. The topological polar surface area (TPSA) is 21.3 Å². The summed E-state index contributed by atoms with van der Waals surface area (Å²) in [6, 6.07) is 0. The van der Waals surface area contributed by atoms with Gasteiger partial charge in [-0.3, -0.25) is 0 Å². The smallest absolute Gasteiger partial charge is 0.144 e. The molecule has 6 heavy (non-hydrogen) atoms. The van der Waals surface area contributed by atoms with E-state index in [0.29, 0.717) is 0 Å². The molecule has 0 aliphatic carbocycles. The molecule has 1 aliphatic heterocycles. The van der Waals surface area contributed by atoms with Crippen LogP contribution in [0.25, 0.3) is 0 Å². The summed E-state index contributed by atoms with van der Waals surface area (Å²) in [7, 11) is 0. The summed E-state index contributed by atoms with van der Waals surface area (Å²) in [5.74, 6) is 0. The highest BCUT2D eigenvalue weighted by molar-refractivity contribution is 7.92. The lowest BCUT2D eigenvalue weighted by Crippen LogP contribution is -1.98. The van der Waals surface area contributed by atoms with E-state index in [1.54, 1.807) is 12.3 Å². The van der Waals surface area contributed by atoms with Crippen LogP contribution >= 0.6 is 12.2 Å². The van der Waals surface area contributed by atoms with Crippen LogP contribution in [0.4, 0.5) is 0 Å². The molecule has 0 saturated heterocycles. The Morgan fingerprint density at radius 1 is 1.83 bits per heavy atom. The summed E-state index contributed by atoms with van der Waals surface area (Å²) in [4.78, 5) is 0. The molecule has 0 spiro atoms. The second-order valence-corrected chi connectivity index (χ2v) is 1.29. The van der Waals surface area contributed by atoms with Gasteiger partial charge in [-0.1, -0.05) is 0 Å². The molecule has 2 radical (unpaired) electrons. The van der Waals surface area contributed by atoms with Crippen molar-refractivity contribution in [2.45, 2.75) is 0 Å². The molecule has 0 saturated carbocycles. The standard InChI is InChI=1S/C3H3NOS/c1-2-4-6-5-3-1/h1,3-4H. The number of hydrogen-bond donors (Lipinski definition) is 1. The first-order chi connectivity index (χ1) is 3.00. The molecule has 2 nitrogen and oxygen atoms in total. The van der Waals surface area contributed by atoms with Crippen LogP contribution in [-0.2, 0) is 4.18 Å². The van der Waals surface area contributed by atoms with Crippen LogP contribution in [0.1, 0.15) is 0 Å². The molecule has 0 atom stereocenters. The first-order valence-electron chi connectivity index (χ1n) is 1.48. The summed E-state index contributed by atoms with van der Waals surface area (Å²) in [5, 5.41) is 0. The quantitative estimate of drug-likeness (QED) is 0.359. The molecule has 32 valence electrons. The highest BCUT2D eigenvalue weighted by atomic mass is 32.2. The Labute approximate surface area is 40.9 Å². The molecule has 0 aromatic carbocycles. The molecule has 3 heteroatoms. The molecule has 0 aromatic rings. The van der Waals surface area contributed by atoms with E-state index in [4.69, 9.17) is 0 Å². The molecule has 1 aliphatic rings. The average Bonchev–Trinajstić information content (AvgIpc) is 1.72. The lowest BCUT2D eigenvalue weighted by molar-refractivity contribution is 0.552. The van der Waals surface area contributed by atoms with Gasteiger partial charge >= 0.3 is 0 Å². The van der Waals surface area contributed by atoms with Crippen molar-refractivity contribution in [2.75, 3.05) is 0 Å². The van der Waals surface area contributed by atoms with Crippen molar-refractivity contribution >= 4 is 12.2 Å². The van der Waals surface area contributed by atoms with Gasteiger partial charge in [-0.05, 0) is 6.08 Å². The maximum absolute atomic E-state index is 4.63. The molecule has 0 bridgehead atoms. The summed E-state index contributed by atoms with van der Waals surface area (Å²) in [6.45, 7) is 2.69. The fraction of sp³-hybridized carbons (Fsp3) is 0. The highest BCUT2D eigenvalue weighted by Crippen LogP contribution is 2.02. The van der Waals surface area contributed by atoms with Crippen molar-refractivity contribution < 1.29 is 4.18 Å². The maximum Gasteiger partial charge on any atom is 0.144 e. The molecular weight excluding hydrogens is 98.1 g/mol. The van der Waals surface area contributed by atoms with Crippen LogP contribution < -0.4 is 4.72 Å². The van der Waals surface area contributed by atoms with Gasteiger partial charge in [-0.25, -0.2) is 4.72 Å². The molecule has 1 N–H and O–H groups in total. The van der Waals surface area contributed by atoms with E-state index in [-0.39, 0.29) is 0 Å². The van der Waals surface area contributed by atoms with Gasteiger partial charge in [0.2, 0.25) is 0 Å². The SMILES string of the molecule is [C]1C=COSN1. The first-order valence-corrected chi connectivity index (χ1v) is 2.22. The van der Waals surface area contributed by atoms with Crippen LogP contribution in [0, 0.1) is 6.54 Å². The minimum Gasteiger partial charge on any atom is -0.418 e. The van der Waals surface area contributed by atoms with Crippen molar-refractivity contribution in [1.82, 2.24) is 4.72 Å². The van der Waals surface area contributed by atoms with Crippen LogP contribution in [0.15, 0.2) is 12.3 Å². The third kappa shape index (κ3) is 0.914. The van der Waals surface area contributed by atoms with Crippen LogP contribution in [-0.4, -0.2) is 0 Å². The first kappa shape index (κ1) is 4.02. The summed E-state index contributed by atoms with van der Waals surface area (Å²) in [5.41, 5.74) is 0. The Bertz CT molecular complexity index is 55.8. The van der Waals surface area contributed by atoms with Crippen LogP contribution in [0.3, 0.4) is 0 Å². The van der Waals surface area contributed by atoms with Gasteiger partial charge in [-0.15, -0.1) is 0 Å². The largest absolute Gasteiger partial charge is 0.418 e. The lowest BCUT2D eigenvalue weighted by Gasteiger charge is -1.99. The maximum atomic E-state index is 4.63. The van der Waals surface area contributed by atoms with Crippen molar-refractivity contribution in [2.24, 2.45) is 0 Å². The lowest BCUT2D eigenvalue weighted by atomic mass is 10.6. The molecule has 0 amide bonds. The predicted octanol–water partition coefficient (Wildman–Crippen LogP) is 0.722. The number of hydrogen-bond acceptors (Lipinski definition) is 3. The summed E-state index contributed by atoms with van der Waals surface area (Å²) < 4.78 is 7.27. The van der Waals surface area contributed by atoms with Crippen LogP contribution in [0.5, 0.6) is 0 Å². The van der Waals surface area contributed by atoms with Gasteiger partial charge in [-0.2, -0.15) is 0 Å². The molecule has 0 unspecified atom stereocenters. The average molecular weight is 101 g/mol. The molecular formula is C3H3NOS. The van der Waals surface area contributed by atoms with Gasteiger partial charge < -0.3 is 4.18 Å². The van der Waals surface area contributed by atoms with E-state index in [1.165, 1.54) is 0 Å². The van der Waals surface area contributed by atoms with Gasteiger partial charge in [0.1, 0.15) is 25.0 Å². The summed E-state index contributed by atoms with van der Waals surface area (Å²) in [6.07, 6.45) is 3.22. The minimum absolute atomic E-state index is 1.15. The molecule has 1 heterocycles. The fourth-order valence-corrected chi connectivity index (χ4v) is 0.447. The molecule has 0 fully saturated rings. The monoisotopic (exact) mass is 101 g/mol.